The van der Waals surface area contributed by atoms with Crippen LogP contribution in [0.5, 0.6) is 0 Å². The van der Waals surface area contributed by atoms with Gasteiger partial charge in [-0.05, 0) is 12.8 Å². The van der Waals surface area contributed by atoms with E-state index in [9.17, 15) is 0 Å². The van der Waals surface area contributed by atoms with Crippen LogP contribution in [-0.4, -0.2) is 6.04 Å². The average Bonchev–Trinajstić information content (AvgIpc) is 1.67. The van der Waals surface area contributed by atoms with Gasteiger partial charge in [-0.25, -0.2) is 0 Å². The third kappa shape index (κ3) is 2.46. The van der Waals surface area contributed by atoms with Crippen LogP contribution in [0, 0.1) is 17.4 Å². The molecule has 8 heavy (non-hydrogen) atoms. The summed E-state index contributed by atoms with van der Waals surface area (Å²) in [5.74, 6) is 0.537. The van der Waals surface area contributed by atoms with Crippen LogP contribution in [-0.2, 0) is 0 Å². The van der Waals surface area contributed by atoms with E-state index in [0.717, 1.165) is 0 Å². The van der Waals surface area contributed by atoms with E-state index in [1.165, 1.54) is 0 Å². The van der Waals surface area contributed by atoms with E-state index in [1.807, 2.05) is 13.1 Å². The number of nitrogens with zero attached hydrogens (tertiary/aromatic N) is 1. The Morgan fingerprint density at radius 1 is 1.38 bits per heavy atom. The van der Waals surface area contributed by atoms with Crippen molar-refractivity contribution in [1.29, 1.82) is 5.26 Å². The maximum absolute atomic E-state index is 8.12. The van der Waals surface area contributed by atoms with Gasteiger partial charge in [0.1, 0.15) is 0 Å². The van der Waals surface area contributed by atoms with Crippen molar-refractivity contribution in [2.45, 2.75) is 26.8 Å². The molecule has 0 saturated heterocycles. The van der Waals surface area contributed by atoms with Crippen molar-refractivity contribution in [2.75, 3.05) is 0 Å². The van der Waals surface area contributed by atoms with Crippen molar-refractivity contribution >= 4 is 0 Å². The quantitative estimate of drug-likeness (QED) is 0.429. The second-order valence-electron chi connectivity index (χ2n) is 2.29. The van der Waals surface area contributed by atoms with Crippen molar-refractivity contribution in [1.82, 2.24) is 5.32 Å². The van der Waals surface area contributed by atoms with Crippen molar-refractivity contribution < 1.29 is 0 Å². The molecule has 0 spiro atoms. The predicted molar refractivity (Wildman–Crippen MR) is 33.0 cm³/mol. The molecule has 0 aromatic rings. The fourth-order valence-electron chi connectivity index (χ4n) is 0.268. The highest BCUT2D eigenvalue weighted by atomic mass is 14.9. The summed E-state index contributed by atoms with van der Waals surface area (Å²) in [6, 6.07) is 0.306. The van der Waals surface area contributed by atoms with Gasteiger partial charge in [0.25, 0.3) is 0 Å². The molecule has 2 heteroatoms. The maximum Gasteiger partial charge on any atom is 0.176 e. The van der Waals surface area contributed by atoms with Crippen LogP contribution in [0.4, 0.5) is 0 Å². The monoisotopic (exact) mass is 112 g/mol. The Labute approximate surface area is 50.5 Å². The Balaban J connectivity index is 3.35. The van der Waals surface area contributed by atoms with Crippen molar-refractivity contribution in [2.24, 2.45) is 5.92 Å². The van der Waals surface area contributed by atoms with Gasteiger partial charge in [0.05, 0.1) is 0 Å². The van der Waals surface area contributed by atoms with Gasteiger partial charge in [-0.15, -0.1) is 0 Å². The lowest BCUT2D eigenvalue weighted by Crippen LogP contribution is -2.26. The molecule has 1 atom stereocenters. The van der Waals surface area contributed by atoms with Gasteiger partial charge in [-0.3, -0.25) is 0 Å². The first-order chi connectivity index (χ1) is 3.68. The zero-order valence-electron chi connectivity index (χ0n) is 5.60. The molecule has 0 aromatic heterocycles. The van der Waals surface area contributed by atoms with Crippen LogP contribution in [0.25, 0.3) is 0 Å². The molecule has 0 aromatic carbocycles. The first kappa shape index (κ1) is 7.29. The van der Waals surface area contributed by atoms with Gasteiger partial charge in [-0.1, -0.05) is 13.8 Å². The third-order valence-corrected chi connectivity index (χ3v) is 1.29. The van der Waals surface area contributed by atoms with Crippen molar-refractivity contribution in [3.8, 4) is 6.19 Å². The minimum Gasteiger partial charge on any atom is -0.321 e. The maximum atomic E-state index is 8.12. The lowest BCUT2D eigenvalue weighted by atomic mass is 10.1. The molecule has 0 amide bonds. The number of rotatable bonds is 2. The highest BCUT2D eigenvalue weighted by Gasteiger charge is 2.02. The number of hydrogen-bond acceptors (Lipinski definition) is 2. The molecule has 0 heterocycles. The summed E-state index contributed by atoms with van der Waals surface area (Å²) in [5.41, 5.74) is 0. The summed E-state index contributed by atoms with van der Waals surface area (Å²) >= 11 is 0. The molecule has 2 nitrogen and oxygen atoms in total. The number of nitrogens with one attached hydrogen (secondary N) is 1. The van der Waals surface area contributed by atoms with Gasteiger partial charge in [0, 0.05) is 6.04 Å². The van der Waals surface area contributed by atoms with Gasteiger partial charge < -0.3 is 5.32 Å². The predicted octanol–water partition coefficient (Wildman–Crippen LogP) is 1.10. The molecule has 0 aliphatic rings. The second kappa shape index (κ2) is 3.31. The normalized spacial score (nSPS) is 12.9. The Morgan fingerprint density at radius 2 is 1.88 bits per heavy atom. The summed E-state index contributed by atoms with van der Waals surface area (Å²) in [4.78, 5) is 0. The summed E-state index contributed by atoms with van der Waals surface area (Å²) in [7, 11) is 0. The Hall–Kier alpha value is -0.710. The summed E-state index contributed by atoms with van der Waals surface area (Å²) < 4.78 is 0. The molecule has 0 aliphatic carbocycles. The zero-order valence-corrected chi connectivity index (χ0v) is 5.60. The molecule has 0 rings (SSSR count). The zero-order chi connectivity index (χ0) is 6.57. The van der Waals surface area contributed by atoms with Crippen LogP contribution in [0.2, 0.25) is 0 Å². The molecule has 0 radical (unpaired) electrons. The Morgan fingerprint density at radius 3 is 2.00 bits per heavy atom. The minimum atomic E-state index is 0.306. The molecule has 46 valence electrons. The van der Waals surface area contributed by atoms with E-state index in [0.29, 0.717) is 12.0 Å². The molecular weight excluding hydrogens is 100 g/mol. The standard InChI is InChI=1S/C6H12N2/c1-5(2)6(3)8-4-7/h5-6,8H,1-3H3. The highest BCUT2D eigenvalue weighted by molar-refractivity contribution is 4.73. The van der Waals surface area contributed by atoms with Crippen LogP contribution in [0.15, 0.2) is 0 Å². The van der Waals surface area contributed by atoms with E-state index in [2.05, 4.69) is 19.2 Å². The Bertz CT molecular complexity index is 91.2. The first-order valence-corrected chi connectivity index (χ1v) is 2.83. The van der Waals surface area contributed by atoms with Gasteiger partial charge >= 0.3 is 0 Å². The molecular formula is C6H12N2. The number of nitriles is 1. The molecule has 1 unspecified atom stereocenters. The van der Waals surface area contributed by atoms with E-state index >= 15 is 0 Å². The highest BCUT2D eigenvalue weighted by Crippen LogP contribution is 1.97. The summed E-state index contributed by atoms with van der Waals surface area (Å²) in [6.45, 7) is 6.15. The molecule has 0 bridgehead atoms. The average molecular weight is 112 g/mol. The Kier molecular flexibility index (Phi) is 3.02. The molecule has 1 N–H and O–H groups in total. The van der Waals surface area contributed by atoms with Crippen LogP contribution < -0.4 is 5.32 Å². The fraction of sp³-hybridized carbons (Fsp3) is 0.833. The lowest BCUT2D eigenvalue weighted by Gasteiger charge is -2.11. The lowest BCUT2D eigenvalue weighted by molar-refractivity contribution is 0.479. The fourth-order valence-corrected chi connectivity index (χ4v) is 0.268. The van der Waals surface area contributed by atoms with Crippen LogP contribution in [0.3, 0.4) is 0 Å². The molecule has 0 aliphatic heterocycles. The SMILES string of the molecule is CC(C)C(C)NC#N. The van der Waals surface area contributed by atoms with Crippen molar-refractivity contribution in [3.63, 3.8) is 0 Å². The van der Waals surface area contributed by atoms with E-state index in [4.69, 9.17) is 5.26 Å². The van der Waals surface area contributed by atoms with E-state index in [1.54, 1.807) is 0 Å². The van der Waals surface area contributed by atoms with Gasteiger partial charge in [0.2, 0.25) is 0 Å². The molecule has 0 fully saturated rings. The van der Waals surface area contributed by atoms with E-state index < -0.39 is 0 Å². The third-order valence-electron chi connectivity index (χ3n) is 1.29. The first-order valence-electron chi connectivity index (χ1n) is 2.83. The smallest absolute Gasteiger partial charge is 0.176 e. The largest absolute Gasteiger partial charge is 0.321 e. The minimum absolute atomic E-state index is 0.306. The van der Waals surface area contributed by atoms with Gasteiger partial charge in [-0.2, -0.15) is 5.26 Å². The van der Waals surface area contributed by atoms with Crippen LogP contribution >= 0.6 is 0 Å². The van der Waals surface area contributed by atoms with Gasteiger partial charge in [0.15, 0.2) is 6.19 Å². The molecule has 0 saturated carbocycles. The second-order valence-corrected chi connectivity index (χ2v) is 2.29. The summed E-state index contributed by atoms with van der Waals surface area (Å²) in [6.07, 6.45) is 1.90. The van der Waals surface area contributed by atoms with Crippen LogP contribution in [0.1, 0.15) is 20.8 Å². The van der Waals surface area contributed by atoms with E-state index in [-0.39, 0.29) is 0 Å². The number of hydrogen-bond donors (Lipinski definition) is 1. The van der Waals surface area contributed by atoms with Crippen molar-refractivity contribution in [3.05, 3.63) is 0 Å². The summed E-state index contributed by atoms with van der Waals surface area (Å²) in [5, 5.41) is 10.8. The topological polar surface area (TPSA) is 35.8 Å².